The molecule has 1 saturated heterocycles. The van der Waals surface area contributed by atoms with Gasteiger partial charge in [-0.2, -0.15) is 11.8 Å². The van der Waals surface area contributed by atoms with Gasteiger partial charge in [0.1, 0.15) is 5.01 Å². The van der Waals surface area contributed by atoms with Crippen LogP contribution in [0.2, 0.25) is 0 Å². The minimum atomic E-state index is 0.463. The minimum Gasteiger partial charge on any atom is -0.366 e. The van der Waals surface area contributed by atoms with Crippen LogP contribution in [-0.2, 0) is 13.0 Å². The van der Waals surface area contributed by atoms with Crippen LogP contribution in [0.25, 0.3) is 0 Å². The number of para-hydroxylation sites is 1. The summed E-state index contributed by atoms with van der Waals surface area (Å²) < 4.78 is 0. The van der Waals surface area contributed by atoms with Gasteiger partial charge < -0.3 is 10.2 Å². The Labute approximate surface area is 133 Å². The lowest BCUT2D eigenvalue weighted by Gasteiger charge is -2.28. The van der Waals surface area contributed by atoms with Crippen molar-refractivity contribution in [2.45, 2.75) is 19.0 Å². The molecule has 1 atom stereocenters. The van der Waals surface area contributed by atoms with Crippen molar-refractivity contribution >= 4 is 28.8 Å². The molecule has 3 heterocycles. The third kappa shape index (κ3) is 2.82. The molecular weight excluding hydrogens is 298 g/mol. The molecule has 1 fully saturated rings. The van der Waals surface area contributed by atoms with Crippen molar-refractivity contribution in [3.8, 4) is 0 Å². The maximum atomic E-state index is 4.92. The average molecular weight is 317 g/mol. The lowest BCUT2D eigenvalue weighted by molar-refractivity contribution is 0.589. The van der Waals surface area contributed by atoms with Crippen LogP contribution in [0.1, 0.15) is 21.6 Å². The topological polar surface area (TPSA) is 28.2 Å². The van der Waals surface area contributed by atoms with Gasteiger partial charge in [-0.1, -0.05) is 18.2 Å². The molecule has 5 heteroatoms. The summed E-state index contributed by atoms with van der Waals surface area (Å²) in [7, 11) is 0. The highest BCUT2D eigenvalue weighted by molar-refractivity contribution is 7.99. The zero-order valence-corrected chi connectivity index (χ0v) is 13.6. The second-order valence-electron chi connectivity index (χ2n) is 5.51. The predicted molar refractivity (Wildman–Crippen MR) is 91.4 cm³/mol. The summed E-state index contributed by atoms with van der Waals surface area (Å²) in [6.07, 6.45) is 1.07. The van der Waals surface area contributed by atoms with Crippen molar-refractivity contribution in [2.75, 3.05) is 29.5 Å². The number of hydrogen-bond donors (Lipinski definition) is 1. The van der Waals surface area contributed by atoms with Crippen molar-refractivity contribution < 1.29 is 0 Å². The number of rotatable bonds is 2. The Kier molecular flexibility index (Phi) is 3.88. The highest BCUT2D eigenvalue weighted by atomic mass is 32.2. The van der Waals surface area contributed by atoms with Crippen molar-refractivity contribution in [1.29, 1.82) is 0 Å². The highest BCUT2D eigenvalue weighted by Crippen LogP contribution is 2.32. The summed E-state index contributed by atoms with van der Waals surface area (Å²) in [6, 6.07) is 11.2. The standard InChI is InChI=1S/C16H19N3S2/c1-2-4-12(5-3-1)19-8-6-13-15(10-19)21-16(18-13)14-11-20-9-7-17-14/h1-5,14,17H,6-11H2. The predicted octanol–water partition coefficient (Wildman–Crippen LogP) is 3.08. The lowest BCUT2D eigenvalue weighted by atomic mass is 10.1. The molecule has 3 nitrogen and oxygen atoms in total. The van der Waals surface area contributed by atoms with E-state index in [-0.39, 0.29) is 0 Å². The summed E-state index contributed by atoms with van der Waals surface area (Å²) in [5, 5.41) is 4.89. The van der Waals surface area contributed by atoms with Crippen LogP contribution in [0.3, 0.4) is 0 Å². The van der Waals surface area contributed by atoms with E-state index in [0.29, 0.717) is 6.04 Å². The molecule has 1 unspecified atom stereocenters. The van der Waals surface area contributed by atoms with Crippen LogP contribution in [0.4, 0.5) is 5.69 Å². The first-order valence-electron chi connectivity index (χ1n) is 7.50. The molecule has 0 spiro atoms. The first-order valence-corrected chi connectivity index (χ1v) is 9.47. The number of thioether (sulfide) groups is 1. The summed E-state index contributed by atoms with van der Waals surface area (Å²) in [5.74, 6) is 2.39. The molecule has 2 aliphatic rings. The fourth-order valence-electron chi connectivity index (χ4n) is 2.95. The van der Waals surface area contributed by atoms with E-state index in [1.807, 2.05) is 23.1 Å². The second-order valence-corrected chi connectivity index (χ2v) is 7.78. The molecule has 0 saturated carbocycles. The van der Waals surface area contributed by atoms with Crippen LogP contribution < -0.4 is 10.2 Å². The van der Waals surface area contributed by atoms with Crippen molar-refractivity contribution in [3.05, 3.63) is 45.9 Å². The van der Waals surface area contributed by atoms with Gasteiger partial charge in [-0.05, 0) is 12.1 Å². The summed E-state index contributed by atoms with van der Waals surface area (Å²) in [6.45, 7) is 3.19. The van der Waals surface area contributed by atoms with E-state index in [0.717, 1.165) is 31.8 Å². The van der Waals surface area contributed by atoms with Crippen molar-refractivity contribution in [3.63, 3.8) is 0 Å². The van der Waals surface area contributed by atoms with Gasteiger partial charge in [0.15, 0.2) is 0 Å². The normalized spacial score (nSPS) is 22.1. The number of hydrogen-bond acceptors (Lipinski definition) is 5. The molecule has 2 aliphatic heterocycles. The first kappa shape index (κ1) is 13.6. The average Bonchev–Trinajstić information content (AvgIpc) is 2.99. The molecule has 4 rings (SSSR count). The minimum absolute atomic E-state index is 0.463. The molecule has 2 aromatic rings. The molecule has 0 radical (unpaired) electrons. The SMILES string of the molecule is c1ccc(N2CCc3nc(C4CSCCN4)sc3C2)cc1. The Bertz CT molecular complexity index is 605. The van der Waals surface area contributed by atoms with Gasteiger partial charge in [0, 0.05) is 41.6 Å². The van der Waals surface area contributed by atoms with Gasteiger partial charge >= 0.3 is 0 Å². The fraction of sp³-hybridized carbons (Fsp3) is 0.438. The van der Waals surface area contributed by atoms with Gasteiger partial charge in [-0.3, -0.25) is 0 Å². The largest absolute Gasteiger partial charge is 0.366 e. The second kappa shape index (κ2) is 5.99. The molecule has 21 heavy (non-hydrogen) atoms. The van der Waals surface area contributed by atoms with Gasteiger partial charge in [0.05, 0.1) is 18.3 Å². The number of anilines is 1. The Morgan fingerprint density at radius 2 is 2.14 bits per heavy atom. The Balaban J connectivity index is 1.54. The van der Waals surface area contributed by atoms with Crippen LogP contribution >= 0.6 is 23.1 Å². The zero-order chi connectivity index (χ0) is 14.1. The van der Waals surface area contributed by atoms with E-state index >= 15 is 0 Å². The molecule has 0 bridgehead atoms. The molecule has 0 amide bonds. The zero-order valence-electron chi connectivity index (χ0n) is 11.9. The molecular formula is C16H19N3S2. The third-order valence-electron chi connectivity index (χ3n) is 4.09. The summed E-state index contributed by atoms with van der Waals surface area (Å²) in [4.78, 5) is 8.84. The van der Waals surface area contributed by atoms with Crippen LogP contribution in [0.5, 0.6) is 0 Å². The Morgan fingerprint density at radius 1 is 1.24 bits per heavy atom. The number of aromatic nitrogens is 1. The van der Waals surface area contributed by atoms with Crippen molar-refractivity contribution in [2.24, 2.45) is 0 Å². The van der Waals surface area contributed by atoms with E-state index in [4.69, 9.17) is 4.98 Å². The van der Waals surface area contributed by atoms with Crippen LogP contribution in [-0.4, -0.2) is 29.6 Å². The maximum Gasteiger partial charge on any atom is 0.111 e. The number of benzene rings is 1. The Hall–Kier alpha value is -1.04. The van der Waals surface area contributed by atoms with E-state index in [9.17, 15) is 0 Å². The van der Waals surface area contributed by atoms with Gasteiger partial charge in [-0.15, -0.1) is 11.3 Å². The van der Waals surface area contributed by atoms with E-state index in [2.05, 4.69) is 40.5 Å². The monoisotopic (exact) mass is 317 g/mol. The number of nitrogens with one attached hydrogen (secondary N) is 1. The first-order chi connectivity index (χ1) is 10.4. The number of thiazole rings is 1. The number of fused-ring (bicyclic) bond motifs is 1. The molecule has 0 aliphatic carbocycles. The van der Waals surface area contributed by atoms with Gasteiger partial charge in [-0.25, -0.2) is 4.98 Å². The van der Waals surface area contributed by atoms with E-state index in [1.165, 1.54) is 27.0 Å². The molecule has 1 aromatic heterocycles. The molecule has 1 aromatic carbocycles. The van der Waals surface area contributed by atoms with Crippen molar-refractivity contribution in [1.82, 2.24) is 10.3 Å². The lowest BCUT2D eigenvalue weighted by Crippen LogP contribution is -2.30. The highest BCUT2D eigenvalue weighted by Gasteiger charge is 2.25. The van der Waals surface area contributed by atoms with Crippen LogP contribution in [0.15, 0.2) is 30.3 Å². The van der Waals surface area contributed by atoms with E-state index < -0.39 is 0 Å². The maximum absolute atomic E-state index is 4.92. The fourth-order valence-corrected chi connectivity index (χ4v) is 5.20. The van der Waals surface area contributed by atoms with Crippen LogP contribution in [0, 0.1) is 0 Å². The Morgan fingerprint density at radius 3 is 2.95 bits per heavy atom. The van der Waals surface area contributed by atoms with Gasteiger partial charge in [0.2, 0.25) is 0 Å². The quantitative estimate of drug-likeness (QED) is 0.921. The smallest absolute Gasteiger partial charge is 0.111 e. The van der Waals surface area contributed by atoms with E-state index in [1.54, 1.807) is 0 Å². The summed E-state index contributed by atoms with van der Waals surface area (Å²) in [5.41, 5.74) is 2.66. The van der Waals surface area contributed by atoms with Gasteiger partial charge in [0.25, 0.3) is 0 Å². The molecule has 110 valence electrons. The summed E-state index contributed by atoms with van der Waals surface area (Å²) >= 11 is 3.95. The number of nitrogens with zero attached hydrogens (tertiary/aromatic N) is 2. The molecule has 1 N–H and O–H groups in total. The third-order valence-corrected chi connectivity index (χ3v) is 6.35.